The monoisotopic (exact) mass is 382 g/mol. The predicted molar refractivity (Wildman–Crippen MR) is 95.3 cm³/mol. The van der Waals surface area contributed by atoms with Gasteiger partial charge in [-0.1, -0.05) is 0 Å². The van der Waals surface area contributed by atoms with Gasteiger partial charge in [0.2, 0.25) is 0 Å². The minimum atomic E-state index is -2.33. The van der Waals surface area contributed by atoms with Crippen molar-refractivity contribution in [2.45, 2.75) is 32.3 Å². The zero-order valence-electron chi connectivity index (χ0n) is 14.3. The Balaban J connectivity index is 1.73. The van der Waals surface area contributed by atoms with E-state index in [1.807, 2.05) is 6.92 Å². The quantitative estimate of drug-likeness (QED) is 0.820. The van der Waals surface area contributed by atoms with E-state index in [4.69, 9.17) is 4.74 Å². The standard InChI is InChI=1S/C18H20F2N2O3S/c1-11-9-21-17(26-11)12-6-13(18(23)24)8-15(7-12)25-14-2-4-22(5-3-14)10-16(19)20/h6-9,14,16H,2-5,10H2,1H3,(H,23,24). The molecule has 0 spiro atoms. The predicted octanol–water partition coefficient (Wildman–Crippen LogP) is 3.93. The molecule has 1 aromatic heterocycles. The van der Waals surface area contributed by atoms with E-state index < -0.39 is 12.4 Å². The summed E-state index contributed by atoms with van der Waals surface area (Å²) in [4.78, 5) is 18.5. The first-order valence-electron chi connectivity index (χ1n) is 8.39. The van der Waals surface area contributed by atoms with Gasteiger partial charge in [-0.3, -0.25) is 4.90 Å². The van der Waals surface area contributed by atoms with Gasteiger partial charge in [-0.25, -0.2) is 18.6 Å². The lowest BCUT2D eigenvalue weighted by Crippen LogP contribution is -2.40. The molecule has 1 fully saturated rings. The molecule has 0 unspecified atom stereocenters. The van der Waals surface area contributed by atoms with Crippen LogP contribution in [0.25, 0.3) is 10.6 Å². The van der Waals surface area contributed by atoms with E-state index >= 15 is 0 Å². The highest BCUT2D eigenvalue weighted by Crippen LogP contribution is 2.30. The first-order valence-corrected chi connectivity index (χ1v) is 9.20. The highest BCUT2D eigenvalue weighted by molar-refractivity contribution is 7.14. The van der Waals surface area contributed by atoms with Crippen LogP contribution >= 0.6 is 11.3 Å². The van der Waals surface area contributed by atoms with Gasteiger partial charge in [0.25, 0.3) is 6.43 Å². The summed E-state index contributed by atoms with van der Waals surface area (Å²) in [5.41, 5.74) is 0.841. The molecule has 0 radical (unpaired) electrons. The van der Waals surface area contributed by atoms with Crippen LogP contribution < -0.4 is 4.74 Å². The molecule has 0 aliphatic carbocycles. The molecule has 26 heavy (non-hydrogen) atoms. The molecule has 5 nitrogen and oxygen atoms in total. The fraction of sp³-hybridized carbons (Fsp3) is 0.444. The van der Waals surface area contributed by atoms with E-state index in [1.54, 1.807) is 23.2 Å². The van der Waals surface area contributed by atoms with Crippen molar-refractivity contribution in [3.63, 3.8) is 0 Å². The SMILES string of the molecule is Cc1cnc(-c2cc(OC3CCN(CC(F)F)CC3)cc(C(=O)O)c2)s1. The lowest BCUT2D eigenvalue weighted by atomic mass is 10.1. The normalized spacial score (nSPS) is 16.2. The van der Waals surface area contributed by atoms with Gasteiger partial charge < -0.3 is 9.84 Å². The Bertz CT molecular complexity index is 774. The van der Waals surface area contributed by atoms with Gasteiger partial charge in [-0.15, -0.1) is 11.3 Å². The van der Waals surface area contributed by atoms with E-state index in [9.17, 15) is 18.7 Å². The van der Waals surface area contributed by atoms with E-state index in [0.29, 0.717) is 37.2 Å². The van der Waals surface area contributed by atoms with Gasteiger partial charge in [0, 0.05) is 29.7 Å². The minimum Gasteiger partial charge on any atom is -0.490 e. The molecule has 2 heterocycles. The van der Waals surface area contributed by atoms with Crippen LogP contribution in [0.3, 0.4) is 0 Å². The number of halogens is 2. The minimum absolute atomic E-state index is 0.112. The van der Waals surface area contributed by atoms with Gasteiger partial charge in [0.1, 0.15) is 16.9 Å². The summed E-state index contributed by atoms with van der Waals surface area (Å²) in [6.07, 6.45) is 0.570. The third kappa shape index (κ3) is 4.76. The number of likely N-dealkylation sites (tertiary alicyclic amines) is 1. The zero-order chi connectivity index (χ0) is 18.7. The van der Waals surface area contributed by atoms with Crippen molar-refractivity contribution in [3.05, 3.63) is 34.8 Å². The van der Waals surface area contributed by atoms with Gasteiger partial charge in [0.05, 0.1) is 12.1 Å². The Morgan fingerprint density at radius 1 is 1.38 bits per heavy atom. The molecular weight excluding hydrogens is 362 g/mol. The second kappa shape index (κ2) is 8.09. The number of rotatable bonds is 6. The van der Waals surface area contributed by atoms with Crippen molar-refractivity contribution in [1.82, 2.24) is 9.88 Å². The second-order valence-electron chi connectivity index (χ2n) is 6.34. The van der Waals surface area contributed by atoms with Gasteiger partial charge in [0.15, 0.2) is 0 Å². The van der Waals surface area contributed by atoms with Crippen LogP contribution in [-0.4, -0.2) is 53.1 Å². The van der Waals surface area contributed by atoms with Gasteiger partial charge >= 0.3 is 5.97 Å². The third-order valence-corrected chi connectivity index (χ3v) is 5.22. The number of aromatic nitrogens is 1. The van der Waals surface area contributed by atoms with Crippen LogP contribution in [0.1, 0.15) is 28.1 Å². The van der Waals surface area contributed by atoms with Crippen molar-refractivity contribution in [2.75, 3.05) is 19.6 Å². The molecule has 1 aliphatic heterocycles. The third-order valence-electron chi connectivity index (χ3n) is 4.26. The number of carboxylic acids is 1. The first-order chi connectivity index (χ1) is 12.4. The second-order valence-corrected chi connectivity index (χ2v) is 7.57. The number of thiazole rings is 1. The topological polar surface area (TPSA) is 62.7 Å². The lowest BCUT2D eigenvalue weighted by Gasteiger charge is -2.31. The summed E-state index contributed by atoms with van der Waals surface area (Å²) < 4.78 is 30.9. The van der Waals surface area contributed by atoms with Crippen LogP contribution in [-0.2, 0) is 0 Å². The van der Waals surface area contributed by atoms with Crippen molar-refractivity contribution >= 4 is 17.3 Å². The Hall–Kier alpha value is -2.06. The lowest BCUT2D eigenvalue weighted by molar-refractivity contribution is 0.0478. The summed E-state index contributed by atoms with van der Waals surface area (Å²) >= 11 is 1.48. The molecule has 0 atom stereocenters. The van der Waals surface area contributed by atoms with Crippen molar-refractivity contribution in [3.8, 4) is 16.3 Å². The van der Waals surface area contributed by atoms with Crippen molar-refractivity contribution in [2.24, 2.45) is 0 Å². The highest BCUT2D eigenvalue weighted by Gasteiger charge is 2.23. The summed E-state index contributed by atoms with van der Waals surface area (Å²) in [6, 6.07) is 4.87. The zero-order valence-corrected chi connectivity index (χ0v) is 15.1. The maximum Gasteiger partial charge on any atom is 0.335 e. The number of aromatic carboxylic acids is 1. The van der Waals surface area contributed by atoms with Crippen LogP contribution in [0, 0.1) is 6.92 Å². The van der Waals surface area contributed by atoms with Crippen molar-refractivity contribution < 1.29 is 23.4 Å². The Morgan fingerprint density at radius 2 is 2.12 bits per heavy atom. The number of ether oxygens (including phenoxy) is 1. The number of piperidine rings is 1. The average molecular weight is 382 g/mol. The Morgan fingerprint density at radius 3 is 2.69 bits per heavy atom. The number of carbonyl (C=O) groups is 1. The molecule has 0 saturated carbocycles. The largest absolute Gasteiger partial charge is 0.490 e. The smallest absolute Gasteiger partial charge is 0.335 e. The number of nitrogens with zero attached hydrogens (tertiary/aromatic N) is 2. The van der Waals surface area contributed by atoms with Crippen LogP contribution in [0.4, 0.5) is 8.78 Å². The van der Waals surface area contributed by atoms with Crippen LogP contribution in [0.5, 0.6) is 5.75 Å². The molecule has 2 aromatic rings. The van der Waals surface area contributed by atoms with Crippen molar-refractivity contribution in [1.29, 1.82) is 0 Å². The molecule has 1 N–H and O–H groups in total. The number of benzene rings is 1. The van der Waals surface area contributed by atoms with Crippen LogP contribution in [0.15, 0.2) is 24.4 Å². The Labute approximate surface area is 154 Å². The molecule has 140 valence electrons. The first kappa shape index (κ1) is 18.7. The number of alkyl halides is 2. The highest BCUT2D eigenvalue weighted by atomic mass is 32.1. The fourth-order valence-electron chi connectivity index (χ4n) is 3.00. The molecular formula is C18H20F2N2O3S. The van der Waals surface area contributed by atoms with Gasteiger partial charge in [-0.05, 0) is 38.0 Å². The molecule has 1 saturated heterocycles. The number of aryl methyl sites for hydroxylation is 1. The average Bonchev–Trinajstić information content (AvgIpc) is 3.02. The van der Waals surface area contributed by atoms with E-state index in [0.717, 1.165) is 9.88 Å². The molecule has 3 rings (SSSR count). The fourth-order valence-corrected chi connectivity index (χ4v) is 3.75. The van der Waals surface area contributed by atoms with E-state index in [1.165, 1.54) is 17.4 Å². The number of carboxylic acid groups (broad SMARTS) is 1. The van der Waals surface area contributed by atoms with Crippen LogP contribution in [0.2, 0.25) is 0 Å². The van der Waals surface area contributed by atoms with E-state index in [-0.39, 0.29) is 18.2 Å². The Kier molecular flexibility index (Phi) is 5.83. The van der Waals surface area contributed by atoms with E-state index in [2.05, 4.69) is 4.98 Å². The molecule has 8 heteroatoms. The molecule has 0 amide bonds. The number of hydrogen-bond donors (Lipinski definition) is 1. The summed E-state index contributed by atoms with van der Waals surface area (Å²) in [7, 11) is 0. The number of hydrogen-bond acceptors (Lipinski definition) is 5. The molecule has 1 aromatic carbocycles. The summed E-state index contributed by atoms with van der Waals surface area (Å²) in [6.45, 7) is 2.82. The summed E-state index contributed by atoms with van der Waals surface area (Å²) in [5, 5.41) is 10.1. The maximum atomic E-state index is 12.5. The maximum absolute atomic E-state index is 12.5. The molecule has 1 aliphatic rings. The molecule has 0 bridgehead atoms. The van der Waals surface area contributed by atoms with Gasteiger partial charge in [-0.2, -0.15) is 0 Å². The summed E-state index contributed by atoms with van der Waals surface area (Å²) in [5.74, 6) is -0.559.